The van der Waals surface area contributed by atoms with Crippen LogP contribution in [0.1, 0.15) is 48.0 Å². The lowest BCUT2D eigenvalue weighted by molar-refractivity contribution is -0.121. The first-order valence-electron chi connectivity index (χ1n) is 10.2. The van der Waals surface area contributed by atoms with Crippen LogP contribution in [0.2, 0.25) is 0 Å². The molecule has 0 radical (unpaired) electrons. The van der Waals surface area contributed by atoms with Crippen molar-refractivity contribution in [1.29, 1.82) is 0 Å². The molecule has 1 aliphatic rings. The minimum Gasteiger partial charge on any atom is -0.478 e. The number of hydrazone groups is 1. The van der Waals surface area contributed by atoms with Crippen LogP contribution in [0.5, 0.6) is 0 Å². The average molecular weight is 462 g/mol. The molecule has 1 fully saturated rings. The number of hydrogen-bond donors (Lipinski definition) is 2. The number of carboxylic acids is 1. The zero-order chi connectivity index (χ0) is 23.1. The van der Waals surface area contributed by atoms with Crippen LogP contribution in [-0.4, -0.2) is 48.5 Å². The molecule has 3 rings (SSSR count). The van der Waals surface area contributed by atoms with Gasteiger partial charge in [-0.1, -0.05) is 37.5 Å². The molecule has 0 unspecified atom stereocenters. The quantitative estimate of drug-likeness (QED) is 0.463. The van der Waals surface area contributed by atoms with E-state index in [9.17, 15) is 27.5 Å². The second kappa shape index (κ2) is 10.5. The number of nitrogens with zero attached hydrogens (tertiary/aromatic N) is 2. The molecular weight excluding hydrogens is 437 g/mol. The van der Waals surface area contributed by atoms with Crippen molar-refractivity contribution in [2.45, 2.75) is 43.0 Å². The fourth-order valence-corrected chi connectivity index (χ4v) is 5.32. The summed E-state index contributed by atoms with van der Waals surface area (Å²) < 4.78 is 40.8. The van der Waals surface area contributed by atoms with Crippen molar-refractivity contribution in [2.75, 3.05) is 6.54 Å². The van der Waals surface area contributed by atoms with Crippen LogP contribution in [-0.2, 0) is 14.8 Å². The molecule has 10 heteroatoms. The first kappa shape index (κ1) is 23.6. The van der Waals surface area contributed by atoms with E-state index >= 15 is 0 Å². The van der Waals surface area contributed by atoms with E-state index in [2.05, 4.69) is 10.5 Å². The summed E-state index contributed by atoms with van der Waals surface area (Å²) >= 11 is 0. The van der Waals surface area contributed by atoms with Crippen LogP contribution in [0.25, 0.3) is 0 Å². The Kier molecular flexibility index (Phi) is 7.70. The molecule has 8 nitrogen and oxygen atoms in total. The zero-order valence-electron chi connectivity index (χ0n) is 17.3. The average Bonchev–Trinajstić information content (AvgIpc) is 2.78. The molecule has 2 aromatic carbocycles. The summed E-state index contributed by atoms with van der Waals surface area (Å²) in [6, 6.07) is 10.3. The summed E-state index contributed by atoms with van der Waals surface area (Å²) in [7, 11) is -4.03. The summed E-state index contributed by atoms with van der Waals surface area (Å²) in [5.41, 5.74) is 2.59. The van der Waals surface area contributed by atoms with Gasteiger partial charge >= 0.3 is 5.97 Å². The smallest absolute Gasteiger partial charge is 0.336 e. The number of aromatic carboxylic acids is 1. The third kappa shape index (κ3) is 5.77. The maximum atomic E-state index is 13.3. The predicted octanol–water partition coefficient (Wildman–Crippen LogP) is 3.00. The molecule has 1 saturated carbocycles. The molecule has 0 spiro atoms. The Hall–Kier alpha value is -3.11. The van der Waals surface area contributed by atoms with Gasteiger partial charge in [0.25, 0.3) is 5.91 Å². The number of halogens is 1. The number of carbonyl (C=O) groups is 2. The first-order valence-corrected chi connectivity index (χ1v) is 11.6. The summed E-state index contributed by atoms with van der Waals surface area (Å²) in [4.78, 5) is 23.7. The Bertz CT molecular complexity index is 1100. The SMILES string of the molecule is O=C(CN(C1CCCCC1)S(=O)(=O)c1ccc(F)cc1)NN=Cc1ccccc1C(=O)O. The van der Waals surface area contributed by atoms with E-state index < -0.39 is 34.3 Å². The van der Waals surface area contributed by atoms with Crippen LogP contribution in [0.4, 0.5) is 4.39 Å². The molecule has 0 aromatic heterocycles. The summed E-state index contributed by atoms with van der Waals surface area (Å²) in [6.07, 6.45) is 5.16. The van der Waals surface area contributed by atoms with Crippen molar-refractivity contribution in [1.82, 2.24) is 9.73 Å². The molecule has 1 aliphatic carbocycles. The Balaban J connectivity index is 1.77. The summed E-state index contributed by atoms with van der Waals surface area (Å²) in [6.45, 7) is -0.456. The number of benzene rings is 2. The number of rotatable bonds is 8. The van der Waals surface area contributed by atoms with Crippen molar-refractivity contribution < 1.29 is 27.5 Å². The standard InChI is InChI=1S/C22H24FN3O5S/c23-17-10-12-19(13-11-17)32(30,31)26(18-7-2-1-3-8-18)15-21(27)25-24-14-16-6-4-5-9-20(16)22(28)29/h4-6,9-14,18H,1-3,7-8,15H2,(H,25,27)(H,28,29). The maximum absolute atomic E-state index is 13.3. The van der Waals surface area contributed by atoms with Crippen LogP contribution >= 0.6 is 0 Å². The van der Waals surface area contributed by atoms with E-state index in [1.165, 1.54) is 30.5 Å². The van der Waals surface area contributed by atoms with Gasteiger partial charge in [-0.15, -0.1) is 0 Å². The lowest BCUT2D eigenvalue weighted by atomic mass is 9.95. The number of hydrogen-bond acceptors (Lipinski definition) is 5. The molecular formula is C22H24FN3O5S. The van der Waals surface area contributed by atoms with Gasteiger partial charge in [-0.05, 0) is 43.2 Å². The van der Waals surface area contributed by atoms with Crippen molar-refractivity contribution in [3.05, 3.63) is 65.5 Å². The Morgan fingerprint density at radius 2 is 1.75 bits per heavy atom. The first-order chi connectivity index (χ1) is 15.3. The minimum absolute atomic E-state index is 0.0215. The maximum Gasteiger partial charge on any atom is 0.336 e. The zero-order valence-corrected chi connectivity index (χ0v) is 18.1. The number of nitrogens with one attached hydrogen (secondary N) is 1. The number of sulfonamides is 1. The van der Waals surface area contributed by atoms with Gasteiger partial charge in [-0.25, -0.2) is 23.0 Å². The van der Waals surface area contributed by atoms with Crippen LogP contribution in [0.3, 0.4) is 0 Å². The van der Waals surface area contributed by atoms with Crippen molar-refractivity contribution >= 4 is 28.1 Å². The molecule has 2 aromatic rings. The van der Waals surface area contributed by atoms with Gasteiger partial charge < -0.3 is 5.11 Å². The van der Waals surface area contributed by atoms with E-state index in [0.717, 1.165) is 35.7 Å². The lowest BCUT2D eigenvalue weighted by Gasteiger charge is -2.32. The van der Waals surface area contributed by atoms with E-state index in [1.54, 1.807) is 12.1 Å². The highest BCUT2D eigenvalue weighted by atomic mass is 32.2. The third-order valence-corrected chi connectivity index (χ3v) is 7.20. The Morgan fingerprint density at radius 1 is 1.09 bits per heavy atom. The van der Waals surface area contributed by atoms with Crippen molar-refractivity contribution in [2.24, 2.45) is 5.10 Å². The van der Waals surface area contributed by atoms with E-state index in [4.69, 9.17) is 0 Å². The van der Waals surface area contributed by atoms with Gasteiger partial charge in [0, 0.05) is 11.6 Å². The fraction of sp³-hybridized carbons (Fsp3) is 0.318. The van der Waals surface area contributed by atoms with Gasteiger partial charge in [0.1, 0.15) is 5.82 Å². The van der Waals surface area contributed by atoms with Crippen LogP contribution in [0, 0.1) is 5.82 Å². The van der Waals surface area contributed by atoms with Crippen molar-refractivity contribution in [3.63, 3.8) is 0 Å². The number of carbonyl (C=O) groups excluding carboxylic acids is 1. The van der Waals surface area contributed by atoms with Gasteiger partial charge in [0.15, 0.2) is 0 Å². The molecule has 0 heterocycles. The number of carboxylic acid groups (broad SMARTS) is 1. The van der Waals surface area contributed by atoms with Gasteiger partial charge in [0.2, 0.25) is 10.0 Å². The van der Waals surface area contributed by atoms with E-state index in [-0.39, 0.29) is 16.5 Å². The third-order valence-electron chi connectivity index (χ3n) is 5.29. The molecule has 0 saturated heterocycles. The topological polar surface area (TPSA) is 116 Å². The van der Waals surface area contributed by atoms with Gasteiger partial charge in [-0.2, -0.15) is 9.41 Å². The Labute approximate surface area is 185 Å². The summed E-state index contributed by atoms with van der Waals surface area (Å²) in [5, 5.41) is 13.0. The highest BCUT2D eigenvalue weighted by Crippen LogP contribution is 2.27. The highest BCUT2D eigenvalue weighted by Gasteiger charge is 2.34. The van der Waals surface area contributed by atoms with Gasteiger partial charge in [-0.3, -0.25) is 4.79 Å². The number of amides is 1. The molecule has 32 heavy (non-hydrogen) atoms. The highest BCUT2D eigenvalue weighted by molar-refractivity contribution is 7.89. The minimum atomic E-state index is -4.03. The molecule has 0 atom stereocenters. The predicted molar refractivity (Wildman–Crippen MR) is 116 cm³/mol. The lowest BCUT2D eigenvalue weighted by Crippen LogP contribution is -2.46. The fourth-order valence-electron chi connectivity index (χ4n) is 3.68. The van der Waals surface area contributed by atoms with Crippen LogP contribution < -0.4 is 5.43 Å². The van der Waals surface area contributed by atoms with Crippen LogP contribution in [0.15, 0.2) is 58.5 Å². The normalized spacial score (nSPS) is 15.2. The van der Waals surface area contributed by atoms with E-state index in [0.29, 0.717) is 18.4 Å². The summed E-state index contributed by atoms with van der Waals surface area (Å²) in [5.74, 6) is -2.35. The van der Waals surface area contributed by atoms with Gasteiger partial charge in [0.05, 0.1) is 23.2 Å². The molecule has 1 amide bonds. The van der Waals surface area contributed by atoms with E-state index in [1.807, 2.05) is 0 Å². The monoisotopic (exact) mass is 461 g/mol. The second-order valence-corrected chi connectivity index (χ2v) is 9.37. The molecule has 0 bridgehead atoms. The van der Waals surface area contributed by atoms with Crippen molar-refractivity contribution in [3.8, 4) is 0 Å². The molecule has 0 aliphatic heterocycles. The second-order valence-electron chi connectivity index (χ2n) is 7.48. The largest absolute Gasteiger partial charge is 0.478 e. The molecule has 2 N–H and O–H groups in total. The Morgan fingerprint density at radius 3 is 2.41 bits per heavy atom. The molecule has 170 valence electrons.